The van der Waals surface area contributed by atoms with E-state index in [1.807, 2.05) is 0 Å². The summed E-state index contributed by atoms with van der Waals surface area (Å²) in [4.78, 5) is 0. The molecule has 0 saturated heterocycles. The maximum absolute atomic E-state index is 3.81. The van der Waals surface area contributed by atoms with Crippen LogP contribution in [0.5, 0.6) is 0 Å². The fourth-order valence-electron chi connectivity index (χ4n) is 0.942. The van der Waals surface area contributed by atoms with Crippen molar-refractivity contribution in [2.75, 3.05) is 0 Å². The zero-order chi connectivity index (χ0) is 7.40. The molecule has 1 aromatic rings. The van der Waals surface area contributed by atoms with Gasteiger partial charge in [-0.05, 0) is 30.9 Å². The van der Waals surface area contributed by atoms with E-state index in [0.717, 1.165) is 12.8 Å². The van der Waals surface area contributed by atoms with Gasteiger partial charge < -0.3 is 0 Å². The third kappa shape index (κ3) is 1.60. The monoisotopic (exact) mass is 133 g/mol. The van der Waals surface area contributed by atoms with Gasteiger partial charge in [-0.2, -0.15) is 0 Å². The van der Waals surface area contributed by atoms with Gasteiger partial charge >= 0.3 is 0 Å². The van der Waals surface area contributed by atoms with Crippen LogP contribution >= 0.6 is 0 Å². The molecule has 0 heterocycles. The second-order valence-electron chi connectivity index (χ2n) is 2.42. The highest BCUT2D eigenvalue weighted by Gasteiger charge is 1.88. The lowest BCUT2D eigenvalue weighted by Gasteiger charge is -1.97. The van der Waals surface area contributed by atoms with Gasteiger partial charge in [-0.15, -0.1) is 0 Å². The second-order valence-corrected chi connectivity index (χ2v) is 2.42. The van der Waals surface area contributed by atoms with Crippen LogP contribution in [0.1, 0.15) is 18.1 Å². The highest BCUT2D eigenvalue weighted by molar-refractivity contribution is 5.22. The van der Waals surface area contributed by atoms with Crippen molar-refractivity contribution in [3.8, 4) is 0 Å². The summed E-state index contributed by atoms with van der Waals surface area (Å²) < 4.78 is 0. The van der Waals surface area contributed by atoms with Crippen molar-refractivity contribution >= 4 is 0 Å². The van der Waals surface area contributed by atoms with Crippen LogP contribution < -0.4 is 0 Å². The molecular formula is C10H13. The third-order valence-corrected chi connectivity index (χ3v) is 1.72. The number of benzene rings is 1. The lowest BCUT2D eigenvalue weighted by Crippen LogP contribution is -1.82. The van der Waals surface area contributed by atoms with E-state index < -0.39 is 0 Å². The number of rotatable bonds is 2. The van der Waals surface area contributed by atoms with Gasteiger partial charge in [0.15, 0.2) is 0 Å². The topological polar surface area (TPSA) is 0 Å². The Kier molecular flexibility index (Phi) is 2.49. The first-order chi connectivity index (χ1) is 4.86. The standard InChI is InChI=1S/C10H13/c1-3-9-5-7-10(4-2)8-6-9/h5-8H,1,3-4H2,2H3. The van der Waals surface area contributed by atoms with E-state index in [9.17, 15) is 0 Å². The molecular weight excluding hydrogens is 120 g/mol. The molecule has 0 bridgehead atoms. The molecule has 0 fully saturated rings. The minimum atomic E-state index is 0.893. The Morgan fingerprint density at radius 3 is 2.00 bits per heavy atom. The molecule has 0 saturated carbocycles. The highest BCUT2D eigenvalue weighted by atomic mass is 13.9. The summed E-state index contributed by atoms with van der Waals surface area (Å²) in [6, 6.07) is 8.62. The van der Waals surface area contributed by atoms with Crippen LogP contribution in [0.2, 0.25) is 0 Å². The summed E-state index contributed by atoms with van der Waals surface area (Å²) in [6.45, 7) is 5.98. The molecule has 0 aromatic heterocycles. The van der Waals surface area contributed by atoms with Gasteiger partial charge in [0.2, 0.25) is 0 Å². The van der Waals surface area contributed by atoms with E-state index >= 15 is 0 Å². The Hall–Kier alpha value is -0.780. The SMILES string of the molecule is [CH2]Cc1ccc(CC)cc1. The maximum Gasteiger partial charge on any atom is -0.0279 e. The zero-order valence-electron chi connectivity index (χ0n) is 6.43. The molecule has 0 spiro atoms. The lowest BCUT2D eigenvalue weighted by molar-refractivity contribution is 1.13. The first-order valence-corrected chi connectivity index (χ1v) is 3.74. The smallest absolute Gasteiger partial charge is 0.0279 e. The van der Waals surface area contributed by atoms with E-state index in [-0.39, 0.29) is 0 Å². The van der Waals surface area contributed by atoms with Crippen LogP contribution in [0, 0.1) is 6.92 Å². The molecule has 0 unspecified atom stereocenters. The minimum absolute atomic E-state index is 0.893. The Balaban J connectivity index is 2.80. The van der Waals surface area contributed by atoms with Gasteiger partial charge in [0, 0.05) is 0 Å². The average Bonchev–Trinajstić information content (AvgIpc) is 2.05. The van der Waals surface area contributed by atoms with Gasteiger partial charge in [-0.1, -0.05) is 31.2 Å². The predicted molar refractivity (Wildman–Crippen MR) is 44.9 cm³/mol. The van der Waals surface area contributed by atoms with Crippen molar-refractivity contribution in [3.63, 3.8) is 0 Å². The number of hydrogen-bond acceptors (Lipinski definition) is 0. The van der Waals surface area contributed by atoms with Gasteiger partial charge in [0.25, 0.3) is 0 Å². The zero-order valence-corrected chi connectivity index (χ0v) is 6.43. The Morgan fingerprint density at radius 1 is 1.10 bits per heavy atom. The molecule has 0 heteroatoms. The van der Waals surface area contributed by atoms with Crippen molar-refractivity contribution < 1.29 is 0 Å². The number of aryl methyl sites for hydroxylation is 1. The summed E-state index contributed by atoms with van der Waals surface area (Å²) in [5.74, 6) is 0. The normalized spacial score (nSPS) is 9.80. The quantitative estimate of drug-likeness (QED) is 0.581. The molecule has 0 amide bonds. The Labute approximate surface area is 62.9 Å². The molecule has 1 radical (unpaired) electrons. The van der Waals surface area contributed by atoms with E-state index in [2.05, 4.69) is 38.1 Å². The van der Waals surface area contributed by atoms with Crippen molar-refractivity contribution in [1.29, 1.82) is 0 Å². The molecule has 0 nitrogen and oxygen atoms in total. The Morgan fingerprint density at radius 2 is 1.60 bits per heavy atom. The molecule has 0 aliphatic heterocycles. The van der Waals surface area contributed by atoms with Crippen LogP contribution in [0.3, 0.4) is 0 Å². The molecule has 0 aliphatic carbocycles. The lowest BCUT2D eigenvalue weighted by atomic mass is 10.1. The van der Waals surface area contributed by atoms with Gasteiger partial charge in [-0.3, -0.25) is 0 Å². The van der Waals surface area contributed by atoms with Crippen LogP contribution in [-0.4, -0.2) is 0 Å². The fraction of sp³-hybridized carbons (Fsp3) is 0.300. The first-order valence-electron chi connectivity index (χ1n) is 3.74. The van der Waals surface area contributed by atoms with Crippen molar-refractivity contribution in [3.05, 3.63) is 42.3 Å². The van der Waals surface area contributed by atoms with Gasteiger partial charge in [-0.25, -0.2) is 0 Å². The average molecular weight is 133 g/mol. The van der Waals surface area contributed by atoms with E-state index in [0.29, 0.717) is 0 Å². The molecule has 0 atom stereocenters. The van der Waals surface area contributed by atoms with Gasteiger partial charge in [0.05, 0.1) is 0 Å². The van der Waals surface area contributed by atoms with Crippen molar-refractivity contribution in [2.24, 2.45) is 0 Å². The summed E-state index contributed by atoms with van der Waals surface area (Å²) in [7, 11) is 0. The van der Waals surface area contributed by atoms with Crippen molar-refractivity contribution in [1.82, 2.24) is 0 Å². The second kappa shape index (κ2) is 3.40. The summed E-state index contributed by atoms with van der Waals surface area (Å²) >= 11 is 0. The third-order valence-electron chi connectivity index (χ3n) is 1.72. The van der Waals surface area contributed by atoms with Gasteiger partial charge in [0.1, 0.15) is 0 Å². The minimum Gasteiger partial charge on any atom is -0.0613 e. The van der Waals surface area contributed by atoms with Crippen LogP contribution in [0.15, 0.2) is 24.3 Å². The molecule has 0 aliphatic rings. The molecule has 10 heavy (non-hydrogen) atoms. The van der Waals surface area contributed by atoms with Crippen LogP contribution in [-0.2, 0) is 12.8 Å². The highest BCUT2D eigenvalue weighted by Crippen LogP contribution is 2.04. The Bertz CT molecular complexity index is 161. The van der Waals surface area contributed by atoms with E-state index in [4.69, 9.17) is 0 Å². The van der Waals surface area contributed by atoms with E-state index in [1.54, 1.807) is 0 Å². The molecule has 0 N–H and O–H groups in total. The van der Waals surface area contributed by atoms with Crippen LogP contribution in [0.4, 0.5) is 0 Å². The first kappa shape index (κ1) is 7.33. The molecule has 1 rings (SSSR count). The summed E-state index contributed by atoms with van der Waals surface area (Å²) in [6.07, 6.45) is 2.02. The maximum atomic E-state index is 3.81. The predicted octanol–water partition coefficient (Wildman–Crippen LogP) is 2.63. The van der Waals surface area contributed by atoms with E-state index in [1.165, 1.54) is 11.1 Å². The largest absolute Gasteiger partial charge is 0.0613 e. The molecule has 1 aromatic carbocycles. The summed E-state index contributed by atoms with van der Waals surface area (Å²) in [5.41, 5.74) is 2.72. The van der Waals surface area contributed by atoms with Crippen LogP contribution in [0.25, 0.3) is 0 Å². The fourth-order valence-corrected chi connectivity index (χ4v) is 0.942. The number of hydrogen-bond donors (Lipinski definition) is 0. The summed E-state index contributed by atoms with van der Waals surface area (Å²) in [5, 5.41) is 0. The molecule has 53 valence electrons. The van der Waals surface area contributed by atoms with Crippen molar-refractivity contribution in [2.45, 2.75) is 19.8 Å².